The van der Waals surface area contributed by atoms with Crippen LogP contribution in [0.5, 0.6) is 5.75 Å². The van der Waals surface area contributed by atoms with Crippen molar-refractivity contribution in [3.63, 3.8) is 0 Å². The zero-order chi connectivity index (χ0) is 20.6. The van der Waals surface area contributed by atoms with Crippen molar-refractivity contribution < 1.29 is 18.7 Å². The largest absolute Gasteiger partial charge is 0.488 e. The van der Waals surface area contributed by atoms with Crippen LogP contribution in [0.2, 0.25) is 5.02 Å². The lowest BCUT2D eigenvalue weighted by atomic mass is 10.1. The zero-order valence-corrected chi connectivity index (χ0v) is 16.1. The van der Waals surface area contributed by atoms with Crippen molar-refractivity contribution in [1.29, 1.82) is 0 Å². The molecule has 29 heavy (non-hydrogen) atoms. The van der Waals surface area contributed by atoms with E-state index < -0.39 is 11.8 Å². The number of amides is 2. The van der Waals surface area contributed by atoms with Crippen molar-refractivity contribution >= 4 is 23.4 Å². The number of carbonyl (C=O) groups excluding carboxylic acids is 2. The third-order valence-corrected chi connectivity index (χ3v) is 4.43. The van der Waals surface area contributed by atoms with Gasteiger partial charge in [0.05, 0.1) is 12.0 Å². The Hall–Kier alpha value is -3.38. The molecule has 0 bridgehead atoms. The maximum absolute atomic E-state index is 12.9. The molecule has 0 aliphatic rings. The summed E-state index contributed by atoms with van der Waals surface area (Å²) in [6, 6.07) is 19.5. The molecule has 0 fully saturated rings. The number of nitrogens with one attached hydrogen (secondary N) is 2. The first-order chi connectivity index (χ1) is 14.0. The van der Waals surface area contributed by atoms with E-state index >= 15 is 0 Å². The average molecular weight is 413 g/mol. The first-order valence-corrected chi connectivity index (χ1v) is 9.19. The lowest BCUT2D eigenvalue weighted by Gasteiger charge is -2.13. The summed E-state index contributed by atoms with van der Waals surface area (Å²) in [5, 5.41) is 0.572. The Bertz CT molecular complexity index is 1010. The Morgan fingerprint density at radius 3 is 2.34 bits per heavy atom. The molecule has 0 atom stereocenters. The summed E-state index contributed by atoms with van der Waals surface area (Å²) in [7, 11) is 0. The fourth-order valence-corrected chi connectivity index (χ4v) is 2.77. The molecular weight excluding hydrogens is 395 g/mol. The van der Waals surface area contributed by atoms with Gasteiger partial charge in [-0.2, -0.15) is 0 Å². The monoisotopic (exact) mass is 412 g/mol. The third-order valence-electron chi connectivity index (χ3n) is 4.07. The molecule has 148 valence electrons. The normalized spacial score (nSPS) is 10.3. The van der Waals surface area contributed by atoms with E-state index in [1.807, 2.05) is 18.2 Å². The van der Waals surface area contributed by atoms with Crippen LogP contribution in [0.4, 0.5) is 4.39 Å². The van der Waals surface area contributed by atoms with Crippen LogP contribution in [0.1, 0.15) is 21.5 Å². The second-order valence-electron chi connectivity index (χ2n) is 6.18. The molecule has 0 spiro atoms. The van der Waals surface area contributed by atoms with Gasteiger partial charge in [0.15, 0.2) is 0 Å². The SMILES string of the molecule is O=C(Cc1ccc(F)cc1)NNC(=O)c1ccccc1OCc1ccccc1Cl. The first-order valence-electron chi connectivity index (χ1n) is 8.82. The van der Waals surface area contributed by atoms with Crippen molar-refractivity contribution in [2.45, 2.75) is 13.0 Å². The molecule has 3 aromatic carbocycles. The highest BCUT2D eigenvalue weighted by Gasteiger charge is 2.14. The Balaban J connectivity index is 1.58. The number of hydrogen-bond donors (Lipinski definition) is 2. The standard InChI is InChI=1S/C22H18ClFN2O3/c23-19-7-3-1-5-16(19)14-29-20-8-4-2-6-18(20)22(28)26-25-21(27)13-15-9-11-17(24)12-10-15/h1-12H,13-14H2,(H,25,27)(H,26,28). The van der Waals surface area contributed by atoms with Gasteiger partial charge in [-0.15, -0.1) is 0 Å². The van der Waals surface area contributed by atoms with Crippen LogP contribution < -0.4 is 15.6 Å². The van der Waals surface area contributed by atoms with Gasteiger partial charge in [-0.1, -0.05) is 54.1 Å². The summed E-state index contributed by atoms with van der Waals surface area (Å²) >= 11 is 6.12. The van der Waals surface area contributed by atoms with Crippen molar-refractivity contribution in [2.75, 3.05) is 0 Å². The maximum atomic E-state index is 12.9. The van der Waals surface area contributed by atoms with Gasteiger partial charge in [0.1, 0.15) is 18.2 Å². The number of para-hydroxylation sites is 1. The Kier molecular flexibility index (Phi) is 6.81. The van der Waals surface area contributed by atoms with Gasteiger partial charge >= 0.3 is 0 Å². The van der Waals surface area contributed by atoms with Crippen molar-refractivity contribution in [3.05, 3.63) is 100 Å². The molecule has 5 nitrogen and oxygen atoms in total. The van der Waals surface area contributed by atoms with E-state index in [1.165, 1.54) is 24.3 Å². The summed E-state index contributed by atoms with van der Waals surface area (Å²) in [5.41, 5.74) is 6.39. The number of hydrazine groups is 1. The fourth-order valence-electron chi connectivity index (χ4n) is 2.58. The summed E-state index contributed by atoms with van der Waals surface area (Å²) in [5.74, 6) is -0.972. The van der Waals surface area contributed by atoms with E-state index in [-0.39, 0.29) is 24.4 Å². The number of benzene rings is 3. The van der Waals surface area contributed by atoms with Gasteiger partial charge in [-0.25, -0.2) is 4.39 Å². The molecule has 0 unspecified atom stereocenters. The molecule has 0 radical (unpaired) electrons. The fraction of sp³-hybridized carbons (Fsp3) is 0.0909. The number of carbonyl (C=O) groups is 2. The van der Waals surface area contributed by atoms with Gasteiger partial charge in [0.25, 0.3) is 5.91 Å². The number of ether oxygens (including phenoxy) is 1. The second-order valence-corrected chi connectivity index (χ2v) is 6.59. The van der Waals surface area contributed by atoms with Crippen LogP contribution in [0.3, 0.4) is 0 Å². The van der Waals surface area contributed by atoms with Gasteiger partial charge in [-0.05, 0) is 35.9 Å². The molecule has 2 N–H and O–H groups in total. The summed E-state index contributed by atoms with van der Waals surface area (Å²) in [4.78, 5) is 24.5. The molecule has 0 saturated heterocycles. The Morgan fingerprint density at radius 2 is 1.59 bits per heavy atom. The van der Waals surface area contributed by atoms with E-state index in [4.69, 9.17) is 16.3 Å². The minimum atomic E-state index is -0.521. The molecule has 3 aromatic rings. The minimum Gasteiger partial charge on any atom is -0.488 e. The smallest absolute Gasteiger partial charge is 0.273 e. The number of rotatable bonds is 6. The number of halogens is 2. The van der Waals surface area contributed by atoms with Gasteiger partial charge in [0, 0.05) is 10.6 Å². The molecule has 0 aliphatic heterocycles. The lowest BCUT2D eigenvalue weighted by Crippen LogP contribution is -2.42. The second kappa shape index (κ2) is 9.71. The first kappa shape index (κ1) is 20.4. The summed E-state index contributed by atoms with van der Waals surface area (Å²) < 4.78 is 18.7. The molecule has 3 rings (SSSR count). The van der Waals surface area contributed by atoms with E-state index in [2.05, 4.69) is 10.9 Å². The van der Waals surface area contributed by atoms with Crippen molar-refractivity contribution in [3.8, 4) is 5.75 Å². The van der Waals surface area contributed by atoms with Gasteiger partial charge < -0.3 is 4.74 Å². The quantitative estimate of drug-likeness (QED) is 0.600. The highest BCUT2D eigenvalue weighted by atomic mass is 35.5. The van der Waals surface area contributed by atoms with E-state index in [9.17, 15) is 14.0 Å². The third kappa shape index (κ3) is 5.80. The minimum absolute atomic E-state index is 0.00517. The molecular formula is C22H18ClFN2O3. The van der Waals surface area contributed by atoms with E-state index in [0.29, 0.717) is 16.3 Å². The van der Waals surface area contributed by atoms with Crippen LogP contribution >= 0.6 is 11.6 Å². The lowest BCUT2D eigenvalue weighted by molar-refractivity contribution is -0.121. The molecule has 0 saturated carbocycles. The predicted octanol–water partition coefficient (Wildman–Crippen LogP) is 4.06. The summed E-state index contributed by atoms with van der Waals surface area (Å²) in [6.07, 6.45) is 0.00517. The van der Waals surface area contributed by atoms with E-state index in [0.717, 1.165) is 5.56 Å². The van der Waals surface area contributed by atoms with Gasteiger partial charge in [0.2, 0.25) is 5.91 Å². The van der Waals surface area contributed by atoms with Crippen molar-refractivity contribution in [2.24, 2.45) is 0 Å². The van der Waals surface area contributed by atoms with E-state index in [1.54, 1.807) is 30.3 Å². The van der Waals surface area contributed by atoms with Gasteiger partial charge in [-0.3, -0.25) is 20.4 Å². The topological polar surface area (TPSA) is 67.4 Å². The van der Waals surface area contributed by atoms with Crippen LogP contribution in [0.15, 0.2) is 72.8 Å². The van der Waals surface area contributed by atoms with Crippen LogP contribution in [0, 0.1) is 5.82 Å². The molecule has 7 heteroatoms. The maximum Gasteiger partial charge on any atom is 0.273 e. The van der Waals surface area contributed by atoms with Crippen molar-refractivity contribution in [1.82, 2.24) is 10.9 Å². The molecule has 0 aliphatic carbocycles. The molecule has 0 heterocycles. The predicted molar refractivity (Wildman–Crippen MR) is 108 cm³/mol. The zero-order valence-electron chi connectivity index (χ0n) is 15.3. The average Bonchev–Trinajstić information content (AvgIpc) is 2.73. The van der Waals surface area contributed by atoms with Crippen LogP contribution in [-0.4, -0.2) is 11.8 Å². The highest BCUT2D eigenvalue weighted by molar-refractivity contribution is 6.31. The summed E-state index contributed by atoms with van der Waals surface area (Å²) in [6.45, 7) is 0.195. The van der Waals surface area contributed by atoms with Crippen LogP contribution in [0.25, 0.3) is 0 Å². The number of hydrogen-bond acceptors (Lipinski definition) is 3. The Morgan fingerprint density at radius 1 is 0.897 bits per heavy atom. The highest BCUT2D eigenvalue weighted by Crippen LogP contribution is 2.21. The van der Waals surface area contributed by atoms with Crippen LogP contribution in [-0.2, 0) is 17.8 Å². The molecule has 2 amide bonds. The molecule has 0 aromatic heterocycles. The Labute approximate surface area is 172 Å².